The highest BCUT2D eigenvalue weighted by molar-refractivity contribution is 7.89. The molecule has 1 amide bonds. The SMILES string of the molecule is CC(C)[C@H](C)NC(=O)COC(=O)c1ccc(S(=O)(=O)N2C[C@@H](C)C[C@H](C)C2)cc1. The minimum absolute atomic E-state index is 0.0223. The van der Waals surface area contributed by atoms with Gasteiger partial charge in [0.1, 0.15) is 0 Å². The number of rotatable bonds is 7. The zero-order chi connectivity index (χ0) is 21.8. The number of esters is 1. The van der Waals surface area contributed by atoms with Crippen LogP contribution in [0.1, 0.15) is 51.4 Å². The molecule has 1 aromatic rings. The van der Waals surface area contributed by atoms with E-state index in [1.165, 1.54) is 28.6 Å². The topological polar surface area (TPSA) is 92.8 Å². The molecular formula is C21H32N2O5S. The lowest BCUT2D eigenvalue weighted by Crippen LogP contribution is -2.42. The van der Waals surface area contributed by atoms with Crippen LogP contribution in [-0.2, 0) is 19.6 Å². The molecule has 0 spiro atoms. The Bertz CT molecular complexity index is 810. The first-order valence-electron chi connectivity index (χ1n) is 10.1. The fraction of sp³-hybridized carbons (Fsp3) is 0.619. The van der Waals surface area contributed by atoms with Crippen LogP contribution in [0, 0.1) is 17.8 Å². The van der Waals surface area contributed by atoms with Crippen molar-refractivity contribution in [1.29, 1.82) is 0 Å². The molecule has 1 saturated heterocycles. The maximum atomic E-state index is 12.9. The summed E-state index contributed by atoms with van der Waals surface area (Å²) in [5, 5.41) is 2.76. The van der Waals surface area contributed by atoms with Crippen molar-refractivity contribution in [2.75, 3.05) is 19.7 Å². The number of ether oxygens (including phenoxy) is 1. The van der Waals surface area contributed by atoms with Gasteiger partial charge in [0.25, 0.3) is 5.91 Å². The van der Waals surface area contributed by atoms with E-state index >= 15 is 0 Å². The summed E-state index contributed by atoms with van der Waals surface area (Å²) in [6.07, 6.45) is 1.01. The number of carbonyl (C=O) groups is 2. The quantitative estimate of drug-likeness (QED) is 0.680. The van der Waals surface area contributed by atoms with E-state index in [1.54, 1.807) is 0 Å². The van der Waals surface area contributed by atoms with Gasteiger partial charge in [-0.15, -0.1) is 0 Å². The van der Waals surface area contributed by atoms with Crippen molar-refractivity contribution >= 4 is 21.9 Å². The highest BCUT2D eigenvalue weighted by atomic mass is 32.2. The minimum Gasteiger partial charge on any atom is -0.452 e. The third-order valence-corrected chi connectivity index (χ3v) is 7.13. The van der Waals surface area contributed by atoms with Gasteiger partial charge in [0.05, 0.1) is 10.5 Å². The molecule has 1 aromatic carbocycles. The summed E-state index contributed by atoms with van der Waals surface area (Å²) in [5.41, 5.74) is 0.203. The Morgan fingerprint density at radius 3 is 2.17 bits per heavy atom. The maximum Gasteiger partial charge on any atom is 0.338 e. The molecular weight excluding hydrogens is 392 g/mol. The van der Waals surface area contributed by atoms with E-state index < -0.39 is 16.0 Å². The number of hydrogen-bond donors (Lipinski definition) is 1. The lowest BCUT2D eigenvalue weighted by molar-refractivity contribution is -0.125. The van der Waals surface area contributed by atoms with Gasteiger partial charge in [0.15, 0.2) is 6.61 Å². The van der Waals surface area contributed by atoms with Crippen LogP contribution in [0.2, 0.25) is 0 Å². The van der Waals surface area contributed by atoms with Crippen molar-refractivity contribution < 1.29 is 22.7 Å². The van der Waals surface area contributed by atoms with Gasteiger partial charge in [-0.05, 0) is 55.4 Å². The fourth-order valence-corrected chi connectivity index (χ4v) is 5.07. The number of sulfonamides is 1. The molecule has 0 aromatic heterocycles. The monoisotopic (exact) mass is 424 g/mol. The van der Waals surface area contributed by atoms with Crippen LogP contribution < -0.4 is 5.32 Å². The van der Waals surface area contributed by atoms with Crippen molar-refractivity contribution in [2.24, 2.45) is 17.8 Å². The Morgan fingerprint density at radius 2 is 1.66 bits per heavy atom. The van der Waals surface area contributed by atoms with Crippen LogP contribution in [0.15, 0.2) is 29.2 Å². The van der Waals surface area contributed by atoms with Crippen molar-refractivity contribution in [2.45, 2.75) is 52.0 Å². The predicted molar refractivity (Wildman–Crippen MR) is 111 cm³/mol. The predicted octanol–water partition coefficient (Wildman–Crippen LogP) is 2.67. The van der Waals surface area contributed by atoms with Gasteiger partial charge in [-0.2, -0.15) is 4.31 Å². The van der Waals surface area contributed by atoms with E-state index in [2.05, 4.69) is 19.2 Å². The Labute approximate surface area is 173 Å². The van der Waals surface area contributed by atoms with E-state index in [-0.39, 0.29) is 34.9 Å². The van der Waals surface area contributed by atoms with Crippen LogP contribution in [-0.4, -0.2) is 50.3 Å². The zero-order valence-corrected chi connectivity index (χ0v) is 18.7. The molecule has 0 unspecified atom stereocenters. The molecule has 3 atom stereocenters. The third-order valence-electron chi connectivity index (χ3n) is 5.29. The van der Waals surface area contributed by atoms with Crippen molar-refractivity contribution in [3.63, 3.8) is 0 Å². The summed E-state index contributed by atoms with van der Waals surface area (Å²) in [5.74, 6) is -0.136. The lowest BCUT2D eigenvalue weighted by Gasteiger charge is -2.34. The second-order valence-electron chi connectivity index (χ2n) is 8.47. The van der Waals surface area contributed by atoms with Gasteiger partial charge in [-0.25, -0.2) is 13.2 Å². The van der Waals surface area contributed by atoms with Gasteiger partial charge in [-0.1, -0.05) is 27.7 Å². The number of carbonyl (C=O) groups excluding carboxylic acids is 2. The standard InChI is InChI=1S/C21H32N2O5S/c1-14(2)17(5)22-20(24)13-28-21(25)18-6-8-19(9-7-18)29(26,27)23-11-15(3)10-16(4)12-23/h6-9,14-17H,10-13H2,1-5H3,(H,22,24)/t15-,16-,17-/m0/s1. The molecule has 2 rings (SSSR count). The highest BCUT2D eigenvalue weighted by Gasteiger charge is 2.31. The van der Waals surface area contributed by atoms with Crippen molar-refractivity contribution in [3.8, 4) is 0 Å². The third kappa shape index (κ3) is 6.27. The van der Waals surface area contributed by atoms with Crippen LogP contribution in [0.25, 0.3) is 0 Å². The molecule has 0 radical (unpaired) electrons. The van der Waals surface area contributed by atoms with Gasteiger partial charge in [0, 0.05) is 19.1 Å². The molecule has 1 N–H and O–H groups in total. The first-order valence-corrected chi connectivity index (χ1v) is 11.5. The van der Waals surface area contributed by atoms with Crippen LogP contribution >= 0.6 is 0 Å². The van der Waals surface area contributed by atoms with Crippen LogP contribution in [0.5, 0.6) is 0 Å². The van der Waals surface area contributed by atoms with Crippen LogP contribution in [0.4, 0.5) is 0 Å². The molecule has 8 heteroatoms. The number of amides is 1. The normalized spacial score (nSPS) is 21.6. The first kappa shape index (κ1) is 23.3. The van der Waals surface area contributed by atoms with Crippen molar-refractivity contribution in [1.82, 2.24) is 9.62 Å². The average Bonchev–Trinajstić information content (AvgIpc) is 2.65. The minimum atomic E-state index is -3.60. The Morgan fingerprint density at radius 1 is 1.10 bits per heavy atom. The summed E-state index contributed by atoms with van der Waals surface area (Å²) >= 11 is 0. The summed E-state index contributed by atoms with van der Waals surface area (Å²) < 4.78 is 32.3. The molecule has 1 heterocycles. The molecule has 1 aliphatic rings. The molecule has 0 saturated carbocycles. The molecule has 162 valence electrons. The summed E-state index contributed by atoms with van der Waals surface area (Å²) in [7, 11) is -3.60. The fourth-order valence-electron chi connectivity index (χ4n) is 3.39. The smallest absolute Gasteiger partial charge is 0.338 e. The highest BCUT2D eigenvalue weighted by Crippen LogP contribution is 2.26. The second-order valence-corrected chi connectivity index (χ2v) is 10.4. The van der Waals surface area contributed by atoms with Gasteiger partial charge in [0.2, 0.25) is 10.0 Å². The Kier molecular flexibility index (Phi) is 7.82. The van der Waals surface area contributed by atoms with E-state index in [0.717, 1.165) is 6.42 Å². The number of piperidine rings is 1. The summed E-state index contributed by atoms with van der Waals surface area (Å²) in [4.78, 5) is 24.1. The van der Waals surface area contributed by atoms with E-state index in [0.29, 0.717) is 24.9 Å². The van der Waals surface area contributed by atoms with Gasteiger partial charge >= 0.3 is 5.97 Å². The molecule has 0 aliphatic carbocycles. The molecule has 0 bridgehead atoms. The van der Waals surface area contributed by atoms with E-state index in [9.17, 15) is 18.0 Å². The number of benzene rings is 1. The Hall–Kier alpha value is -1.93. The van der Waals surface area contributed by atoms with Gasteiger partial charge < -0.3 is 10.1 Å². The molecule has 29 heavy (non-hydrogen) atoms. The molecule has 7 nitrogen and oxygen atoms in total. The molecule has 1 aliphatic heterocycles. The molecule has 1 fully saturated rings. The summed E-state index contributed by atoms with van der Waals surface area (Å²) in [6.45, 7) is 10.6. The van der Waals surface area contributed by atoms with Gasteiger partial charge in [-0.3, -0.25) is 4.79 Å². The number of nitrogens with zero attached hydrogens (tertiary/aromatic N) is 1. The van der Waals surface area contributed by atoms with Crippen LogP contribution in [0.3, 0.4) is 0 Å². The largest absolute Gasteiger partial charge is 0.452 e. The number of nitrogens with one attached hydrogen (secondary N) is 1. The maximum absolute atomic E-state index is 12.9. The Balaban J connectivity index is 1.98. The van der Waals surface area contributed by atoms with E-state index in [1.807, 2.05) is 20.8 Å². The zero-order valence-electron chi connectivity index (χ0n) is 17.8. The second kappa shape index (κ2) is 9.71. The average molecular weight is 425 g/mol. The van der Waals surface area contributed by atoms with Crippen molar-refractivity contribution in [3.05, 3.63) is 29.8 Å². The number of hydrogen-bond acceptors (Lipinski definition) is 5. The first-order chi connectivity index (χ1) is 13.5. The summed E-state index contributed by atoms with van der Waals surface area (Å²) in [6, 6.07) is 5.64. The van der Waals surface area contributed by atoms with E-state index in [4.69, 9.17) is 4.74 Å². The lowest BCUT2D eigenvalue weighted by atomic mass is 9.94.